The Morgan fingerprint density at radius 2 is 1.91 bits per heavy atom. The van der Waals surface area contributed by atoms with Crippen molar-refractivity contribution in [3.8, 4) is 0 Å². The van der Waals surface area contributed by atoms with Crippen molar-refractivity contribution in [3.63, 3.8) is 0 Å². The lowest BCUT2D eigenvalue weighted by molar-refractivity contribution is -0.134. The van der Waals surface area contributed by atoms with Crippen molar-refractivity contribution in [2.45, 2.75) is 50.6 Å². The average Bonchev–Trinajstić information content (AvgIpc) is 3.14. The van der Waals surface area contributed by atoms with Crippen LogP contribution in [0.25, 0.3) is 0 Å². The highest BCUT2D eigenvalue weighted by atomic mass is 32.2. The Morgan fingerprint density at radius 1 is 1.18 bits per heavy atom. The molecule has 1 aromatic carbocycles. The third-order valence-electron chi connectivity index (χ3n) is 7.02. The minimum atomic E-state index is -3.87. The van der Waals surface area contributed by atoms with E-state index >= 15 is 0 Å². The molecule has 1 saturated carbocycles. The number of carbonyl (C=O) groups is 2. The first kappa shape index (κ1) is 24.5. The number of benzene rings is 1. The molecule has 9 heteroatoms. The molecule has 184 valence electrons. The van der Waals surface area contributed by atoms with Crippen LogP contribution in [-0.2, 0) is 26.2 Å². The van der Waals surface area contributed by atoms with Gasteiger partial charge in [-0.3, -0.25) is 9.59 Å². The Morgan fingerprint density at radius 3 is 2.53 bits per heavy atom. The number of carbonyl (C=O) groups excluding carboxylic acids is 2. The maximum Gasteiger partial charge on any atom is 0.243 e. The smallest absolute Gasteiger partial charge is 0.243 e. The van der Waals surface area contributed by atoms with E-state index in [2.05, 4.69) is 19.2 Å². The van der Waals surface area contributed by atoms with E-state index < -0.39 is 21.5 Å². The topological polar surface area (TPSA) is 99.9 Å². The van der Waals surface area contributed by atoms with Gasteiger partial charge < -0.3 is 14.6 Å². The van der Waals surface area contributed by atoms with E-state index in [0.717, 1.165) is 12.2 Å². The second kappa shape index (κ2) is 9.54. The van der Waals surface area contributed by atoms with Gasteiger partial charge in [-0.2, -0.15) is 4.31 Å². The van der Waals surface area contributed by atoms with Gasteiger partial charge in [0.2, 0.25) is 21.8 Å². The third kappa shape index (κ3) is 4.77. The summed E-state index contributed by atoms with van der Waals surface area (Å²) in [4.78, 5) is 28.3. The molecule has 4 rings (SSSR count). The van der Waals surface area contributed by atoms with Gasteiger partial charge in [0.15, 0.2) is 0 Å². The van der Waals surface area contributed by atoms with Gasteiger partial charge in [-0.05, 0) is 54.9 Å². The number of hydrogen-bond donors (Lipinski definition) is 1. The van der Waals surface area contributed by atoms with Gasteiger partial charge in [-0.15, -0.1) is 0 Å². The molecule has 2 fully saturated rings. The van der Waals surface area contributed by atoms with Crippen molar-refractivity contribution < 1.29 is 22.4 Å². The van der Waals surface area contributed by atoms with E-state index in [1.807, 2.05) is 11.0 Å². The molecule has 2 aromatic rings. The lowest BCUT2D eigenvalue weighted by Crippen LogP contribution is -2.44. The SMILES string of the molecule is CNC(=O)[C@@H]1C[C@@]2(C[C@@H]2C(=O)N(CCC(C)C)Cc2ccco2)CN1S(=O)(=O)c1ccccc1. The van der Waals surface area contributed by atoms with E-state index in [1.54, 1.807) is 30.5 Å². The lowest BCUT2D eigenvalue weighted by atomic mass is 9.98. The predicted molar refractivity (Wildman–Crippen MR) is 127 cm³/mol. The van der Waals surface area contributed by atoms with Crippen molar-refractivity contribution in [3.05, 3.63) is 54.5 Å². The Labute approximate surface area is 201 Å². The van der Waals surface area contributed by atoms with E-state index in [1.165, 1.54) is 23.5 Å². The largest absolute Gasteiger partial charge is 0.467 e. The number of rotatable bonds is 9. The van der Waals surface area contributed by atoms with Crippen LogP contribution in [0.3, 0.4) is 0 Å². The molecule has 8 nitrogen and oxygen atoms in total. The molecule has 2 heterocycles. The highest BCUT2D eigenvalue weighted by Crippen LogP contribution is 2.61. The number of nitrogens with zero attached hydrogens (tertiary/aromatic N) is 2. The number of furan rings is 1. The zero-order chi connectivity index (χ0) is 24.5. The predicted octanol–water partition coefficient (Wildman–Crippen LogP) is 2.87. The van der Waals surface area contributed by atoms with Gasteiger partial charge in [0.05, 0.1) is 17.7 Å². The average molecular weight is 488 g/mol. The summed E-state index contributed by atoms with van der Waals surface area (Å²) < 4.78 is 33.6. The standard InChI is InChI=1S/C25H33N3O5S/c1-18(2)11-12-27(16-19-8-7-13-33-19)24(30)21-14-25(21)15-22(23(29)26-3)28(17-25)34(31,32)20-9-5-4-6-10-20/h4-10,13,18,21-22H,11-12,14-17H2,1-3H3,(H,26,29)/t21-,22+,25+/m1/s1. The molecule has 1 aliphatic heterocycles. The van der Waals surface area contributed by atoms with Gasteiger partial charge >= 0.3 is 0 Å². The molecule has 2 aliphatic rings. The fourth-order valence-electron chi connectivity index (χ4n) is 4.93. The highest BCUT2D eigenvalue weighted by molar-refractivity contribution is 7.89. The second-order valence-corrected chi connectivity index (χ2v) is 11.7. The van der Waals surface area contributed by atoms with E-state index in [0.29, 0.717) is 31.8 Å². The summed E-state index contributed by atoms with van der Waals surface area (Å²) in [5, 5.41) is 2.60. The Hall–Kier alpha value is -2.65. The number of nitrogens with one attached hydrogen (secondary N) is 1. The van der Waals surface area contributed by atoms with Crippen molar-refractivity contribution >= 4 is 21.8 Å². The normalized spacial score (nSPS) is 24.5. The van der Waals surface area contributed by atoms with Crippen molar-refractivity contribution in [1.82, 2.24) is 14.5 Å². The molecular formula is C25H33N3O5S. The first-order chi connectivity index (χ1) is 16.2. The van der Waals surface area contributed by atoms with Crippen LogP contribution in [0.1, 0.15) is 38.9 Å². The Kier molecular flexibility index (Phi) is 6.87. The second-order valence-electron chi connectivity index (χ2n) is 9.84. The number of sulfonamides is 1. The van der Waals surface area contributed by atoms with Gasteiger partial charge in [0.25, 0.3) is 0 Å². The summed E-state index contributed by atoms with van der Waals surface area (Å²) in [6.07, 6.45) is 3.38. The monoisotopic (exact) mass is 487 g/mol. The van der Waals surface area contributed by atoms with Crippen LogP contribution >= 0.6 is 0 Å². The fraction of sp³-hybridized carbons (Fsp3) is 0.520. The molecule has 0 bridgehead atoms. The van der Waals surface area contributed by atoms with Gasteiger partial charge in [0.1, 0.15) is 11.8 Å². The molecule has 1 saturated heterocycles. The summed E-state index contributed by atoms with van der Waals surface area (Å²) in [6.45, 7) is 5.39. The quantitative estimate of drug-likeness (QED) is 0.586. The Balaban J connectivity index is 1.56. The van der Waals surface area contributed by atoms with Crippen LogP contribution in [0.5, 0.6) is 0 Å². The molecular weight excluding hydrogens is 454 g/mol. The minimum Gasteiger partial charge on any atom is -0.467 e. The summed E-state index contributed by atoms with van der Waals surface area (Å²) in [7, 11) is -2.37. The molecule has 1 aromatic heterocycles. The molecule has 0 radical (unpaired) electrons. The van der Waals surface area contributed by atoms with Crippen LogP contribution in [-0.4, -0.2) is 55.6 Å². The minimum absolute atomic E-state index is 0.00617. The summed E-state index contributed by atoms with van der Waals surface area (Å²) in [5.41, 5.74) is -0.518. The van der Waals surface area contributed by atoms with Crippen molar-refractivity contribution in [1.29, 1.82) is 0 Å². The molecule has 1 aliphatic carbocycles. The zero-order valence-electron chi connectivity index (χ0n) is 19.9. The fourth-order valence-corrected chi connectivity index (χ4v) is 6.64. The first-order valence-electron chi connectivity index (χ1n) is 11.8. The maximum absolute atomic E-state index is 13.6. The van der Waals surface area contributed by atoms with Crippen molar-refractivity contribution in [2.24, 2.45) is 17.3 Å². The van der Waals surface area contributed by atoms with Crippen LogP contribution in [0.15, 0.2) is 58.0 Å². The van der Waals surface area contributed by atoms with E-state index in [4.69, 9.17) is 4.42 Å². The number of likely N-dealkylation sites (N-methyl/N-ethyl adjacent to an activating group) is 1. The highest BCUT2D eigenvalue weighted by Gasteiger charge is 2.66. The number of amides is 2. The molecule has 34 heavy (non-hydrogen) atoms. The summed E-state index contributed by atoms with van der Waals surface area (Å²) >= 11 is 0. The van der Waals surface area contributed by atoms with Crippen LogP contribution in [0.4, 0.5) is 0 Å². The first-order valence-corrected chi connectivity index (χ1v) is 13.2. The molecule has 3 atom stereocenters. The molecule has 1 N–H and O–H groups in total. The molecule has 1 spiro atoms. The van der Waals surface area contributed by atoms with Crippen LogP contribution in [0, 0.1) is 17.3 Å². The zero-order valence-corrected chi connectivity index (χ0v) is 20.8. The van der Waals surface area contributed by atoms with E-state index in [9.17, 15) is 18.0 Å². The van der Waals surface area contributed by atoms with Crippen molar-refractivity contribution in [2.75, 3.05) is 20.1 Å². The summed E-state index contributed by atoms with van der Waals surface area (Å²) in [5.74, 6) is 0.511. The Bertz CT molecular complexity index is 1120. The van der Waals surface area contributed by atoms with Crippen LogP contribution < -0.4 is 5.32 Å². The lowest BCUT2D eigenvalue weighted by Gasteiger charge is -2.24. The summed E-state index contributed by atoms with van der Waals surface area (Å²) in [6, 6.07) is 11.0. The molecule has 2 amide bonds. The molecule has 0 unspecified atom stereocenters. The maximum atomic E-state index is 13.6. The number of hydrogen-bond acceptors (Lipinski definition) is 5. The van der Waals surface area contributed by atoms with Gasteiger partial charge in [-0.25, -0.2) is 8.42 Å². The van der Waals surface area contributed by atoms with E-state index in [-0.39, 0.29) is 29.2 Å². The third-order valence-corrected chi connectivity index (χ3v) is 8.89. The van der Waals surface area contributed by atoms with Gasteiger partial charge in [0, 0.05) is 26.1 Å². The van der Waals surface area contributed by atoms with Gasteiger partial charge in [-0.1, -0.05) is 32.0 Å². The van der Waals surface area contributed by atoms with Crippen LogP contribution in [0.2, 0.25) is 0 Å².